The first-order valence-electron chi connectivity index (χ1n) is 7.54. The van der Waals surface area contributed by atoms with Crippen molar-refractivity contribution in [2.45, 2.75) is 44.9 Å². The van der Waals surface area contributed by atoms with Crippen molar-refractivity contribution in [2.24, 2.45) is 0 Å². The largest absolute Gasteiger partial charge is 0.480 e. The van der Waals surface area contributed by atoms with Crippen LogP contribution in [-0.2, 0) is 14.3 Å². The van der Waals surface area contributed by atoms with Crippen molar-refractivity contribution in [2.75, 3.05) is 5.32 Å². The topological polar surface area (TPSA) is 114 Å². The third-order valence-corrected chi connectivity index (χ3v) is 3.44. The van der Waals surface area contributed by atoms with Gasteiger partial charge in [-0.05, 0) is 32.9 Å². The molecule has 0 fully saturated rings. The number of anilines is 1. The van der Waals surface area contributed by atoms with E-state index in [9.17, 15) is 19.5 Å². The number of carbonyl (C=O) groups is 3. The number of benzene rings is 1. The van der Waals surface area contributed by atoms with E-state index in [-0.39, 0.29) is 6.42 Å². The van der Waals surface area contributed by atoms with Crippen molar-refractivity contribution in [3.05, 3.63) is 23.2 Å². The molecular weight excluding hydrogens is 352 g/mol. The molecule has 0 radical (unpaired) electrons. The molecule has 1 aliphatic heterocycles. The SMILES string of the molecule is CC(C)(C)OC(=O)N[C@@H](C[C@@H]1Oc2cc(Cl)ccc2NC1=O)C(=O)O. The zero-order valence-corrected chi connectivity index (χ0v) is 14.7. The molecule has 0 bridgehead atoms. The van der Waals surface area contributed by atoms with E-state index in [1.165, 1.54) is 6.07 Å². The molecule has 0 aliphatic carbocycles. The van der Waals surface area contributed by atoms with Crippen molar-refractivity contribution in [1.29, 1.82) is 0 Å². The lowest BCUT2D eigenvalue weighted by molar-refractivity contribution is -0.140. The van der Waals surface area contributed by atoms with Crippen LogP contribution in [0.1, 0.15) is 27.2 Å². The van der Waals surface area contributed by atoms with Crippen LogP contribution in [0.3, 0.4) is 0 Å². The summed E-state index contributed by atoms with van der Waals surface area (Å²) in [5.41, 5.74) is -0.334. The van der Waals surface area contributed by atoms with E-state index < -0.39 is 35.7 Å². The Hall–Kier alpha value is -2.48. The molecule has 1 aromatic rings. The van der Waals surface area contributed by atoms with Gasteiger partial charge in [0.2, 0.25) is 0 Å². The van der Waals surface area contributed by atoms with Gasteiger partial charge >= 0.3 is 12.1 Å². The quantitative estimate of drug-likeness (QED) is 0.749. The second kappa shape index (κ2) is 7.18. The van der Waals surface area contributed by atoms with Gasteiger partial charge < -0.3 is 25.2 Å². The molecule has 0 saturated heterocycles. The molecule has 1 aromatic carbocycles. The highest BCUT2D eigenvalue weighted by Gasteiger charge is 2.34. The number of hydrogen-bond donors (Lipinski definition) is 3. The Bertz CT molecular complexity index is 700. The maximum Gasteiger partial charge on any atom is 0.408 e. The monoisotopic (exact) mass is 370 g/mol. The Kier molecular flexibility index (Phi) is 5.42. The van der Waals surface area contributed by atoms with Crippen LogP contribution >= 0.6 is 11.6 Å². The van der Waals surface area contributed by atoms with Gasteiger partial charge in [-0.3, -0.25) is 4.79 Å². The number of alkyl carbamates (subject to hydrolysis) is 1. The number of nitrogens with one attached hydrogen (secondary N) is 2. The number of fused-ring (bicyclic) bond motifs is 1. The molecule has 25 heavy (non-hydrogen) atoms. The van der Waals surface area contributed by atoms with Gasteiger partial charge in [0.1, 0.15) is 17.4 Å². The standard InChI is InChI=1S/C16H19ClN2O6/c1-16(2,3)25-15(23)19-10(14(21)22)7-12-13(20)18-9-5-4-8(17)6-11(9)24-12/h4-6,10,12H,7H2,1-3H3,(H,18,20)(H,19,23)(H,21,22)/t10-,12-/m0/s1. The minimum absolute atomic E-state index is 0.271. The molecule has 8 nitrogen and oxygen atoms in total. The molecule has 3 N–H and O–H groups in total. The number of halogens is 1. The number of carbonyl (C=O) groups excluding carboxylic acids is 2. The van der Waals surface area contributed by atoms with Gasteiger partial charge in [-0.1, -0.05) is 11.6 Å². The number of rotatable bonds is 4. The summed E-state index contributed by atoms with van der Waals surface area (Å²) in [7, 11) is 0. The van der Waals surface area contributed by atoms with Crippen LogP contribution in [0, 0.1) is 0 Å². The average molecular weight is 371 g/mol. The smallest absolute Gasteiger partial charge is 0.408 e. The molecule has 1 heterocycles. The number of ether oxygens (including phenoxy) is 2. The fraction of sp³-hybridized carbons (Fsp3) is 0.438. The first-order valence-corrected chi connectivity index (χ1v) is 7.92. The van der Waals surface area contributed by atoms with Crippen molar-refractivity contribution < 1.29 is 29.0 Å². The van der Waals surface area contributed by atoms with Crippen molar-refractivity contribution >= 4 is 35.3 Å². The Balaban J connectivity index is 2.08. The summed E-state index contributed by atoms with van der Waals surface area (Å²) in [4.78, 5) is 35.3. The van der Waals surface area contributed by atoms with E-state index in [2.05, 4.69) is 10.6 Å². The lowest BCUT2D eigenvalue weighted by atomic mass is 10.1. The summed E-state index contributed by atoms with van der Waals surface area (Å²) in [5.74, 6) is -1.48. The van der Waals surface area contributed by atoms with Gasteiger partial charge in [-0.15, -0.1) is 0 Å². The normalized spacial score (nSPS) is 17.6. The molecule has 0 saturated carbocycles. The molecule has 2 rings (SSSR count). The maximum atomic E-state index is 12.1. The van der Waals surface area contributed by atoms with Crippen LogP contribution in [0.15, 0.2) is 18.2 Å². The predicted octanol–water partition coefficient (Wildman–Crippen LogP) is 2.41. The number of aliphatic carboxylic acids is 1. The van der Waals surface area contributed by atoms with E-state index in [1.54, 1.807) is 32.9 Å². The van der Waals surface area contributed by atoms with E-state index >= 15 is 0 Å². The minimum Gasteiger partial charge on any atom is -0.480 e. The van der Waals surface area contributed by atoms with E-state index in [0.29, 0.717) is 16.5 Å². The van der Waals surface area contributed by atoms with Gasteiger partial charge in [0, 0.05) is 17.5 Å². The van der Waals surface area contributed by atoms with Crippen LogP contribution in [0.25, 0.3) is 0 Å². The Labute approximate surface area is 149 Å². The molecule has 1 aliphatic rings. The molecule has 0 spiro atoms. The molecule has 2 atom stereocenters. The van der Waals surface area contributed by atoms with Crippen LogP contribution in [0.2, 0.25) is 5.02 Å². The summed E-state index contributed by atoms with van der Waals surface area (Å²) in [5, 5.41) is 14.6. The molecular formula is C16H19ClN2O6. The second-order valence-electron chi connectivity index (χ2n) is 6.51. The lowest BCUT2D eigenvalue weighted by Gasteiger charge is -2.28. The van der Waals surface area contributed by atoms with E-state index in [4.69, 9.17) is 21.1 Å². The van der Waals surface area contributed by atoms with E-state index in [1.807, 2.05) is 0 Å². The third-order valence-electron chi connectivity index (χ3n) is 3.20. The van der Waals surface area contributed by atoms with Crippen LogP contribution in [0.4, 0.5) is 10.5 Å². The van der Waals surface area contributed by atoms with Gasteiger partial charge in [-0.2, -0.15) is 0 Å². The molecule has 0 unspecified atom stereocenters. The zero-order valence-electron chi connectivity index (χ0n) is 14.0. The van der Waals surface area contributed by atoms with Gasteiger partial charge in [0.25, 0.3) is 5.91 Å². The highest BCUT2D eigenvalue weighted by molar-refractivity contribution is 6.30. The second-order valence-corrected chi connectivity index (χ2v) is 6.95. The highest BCUT2D eigenvalue weighted by atomic mass is 35.5. The van der Waals surface area contributed by atoms with Crippen LogP contribution in [-0.4, -0.2) is 40.8 Å². The van der Waals surface area contributed by atoms with Gasteiger partial charge in [0.15, 0.2) is 6.10 Å². The zero-order chi connectivity index (χ0) is 18.8. The first kappa shape index (κ1) is 18.9. The van der Waals surface area contributed by atoms with Gasteiger partial charge in [-0.25, -0.2) is 9.59 Å². The van der Waals surface area contributed by atoms with Crippen molar-refractivity contribution in [3.63, 3.8) is 0 Å². The minimum atomic E-state index is -1.36. The fourth-order valence-electron chi connectivity index (χ4n) is 2.16. The summed E-state index contributed by atoms with van der Waals surface area (Å²) in [6, 6.07) is 3.33. The van der Waals surface area contributed by atoms with E-state index in [0.717, 1.165) is 0 Å². The Morgan fingerprint density at radius 3 is 2.72 bits per heavy atom. The third kappa shape index (κ3) is 5.25. The number of amides is 2. The van der Waals surface area contributed by atoms with Crippen LogP contribution < -0.4 is 15.4 Å². The summed E-state index contributed by atoms with van der Waals surface area (Å²) < 4.78 is 10.6. The fourth-order valence-corrected chi connectivity index (χ4v) is 2.32. The summed E-state index contributed by atoms with van der Waals surface area (Å²) in [6.45, 7) is 4.96. The summed E-state index contributed by atoms with van der Waals surface area (Å²) in [6.07, 6.45) is -2.26. The maximum absolute atomic E-state index is 12.1. The molecule has 9 heteroatoms. The van der Waals surface area contributed by atoms with Gasteiger partial charge in [0.05, 0.1) is 5.69 Å². The number of hydrogen-bond acceptors (Lipinski definition) is 5. The highest BCUT2D eigenvalue weighted by Crippen LogP contribution is 2.33. The molecule has 136 valence electrons. The number of carboxylic acid groups (broad SMARTS) is 1. The van der Waals surface area contributed by atoms with Crippen molar-refractivity contribution in [3.8, 4) is 5.75 Å². The van der Waals surface area contributed by atoms with Crippen molar-refractivity contribution in [1.82, 2.24) is 5.32 Å². The summed E-state index contributed by atoms with van der Waals surface area (Å²) >= 11 is 5.89. The first-order chi connectivity index (χ1) is 11.5. The molecule has 2 amide bonds. The Morgan fingerprint density at radius 2 is 2.12 bits per heavy atom. The molecule has 0 aromatic heterocycles. The van der Waals surface area contributed by atoms with Crippen LogP contribution in [0.5, 0.6) is 5.75 Å². The predicted molar refractivity (Wildman–Crippen MR) is 89.9 cm³/mol. The lowest BCUT2D eigenvalue weighted by Crippen LogP contribution is -2.48. The number of carboxylic acids is 1. The average Bonchev–Trinajstić information content (AvgIpc) is 2.45. The Morgan fingerprint density at radius 1 is 1.44 bits per heavy atom.